The zero-order chi connectivity index (χ0) is 20.9. The van der Waals surface area contributed by atoms with E-state index in [1.807, 2.05) is 30.3 Å². The molecule has 1 aliphatic rings. The highest BCUT2D eigenvalue weighted by molar-refractivity contribution is 6.02. The number of nitrogen functional groups attached to an aromatic ring is 1. The molecule has 1 amide bonds. The van der Waals surface area contributed by atoms with Gasteiger partial charge in [0.15, 0.2) is 0 Å². The zero-order valence-corrected chi connectivity index (χ0v) is 17.0. The SMILES string of the molecule is COC(=O)C1(NC(=O)c2ccc(-c3ccc(OC)cc3)cc2N)CCCCCC1. The molecule has 6 heteroatoms. The predicted molar refractivity (Wildman–Crippen MR) is 113 cm³/mol. The molecule has 154 valence electrons. The average Bonchev–Trinajstić information content (AvgIpc) is 2.99. The van der Waals surface area contributed by atoms with E-state index in [-0.39, 0.29) is 11.9 Å². The summed E-state index contributed by atoms with van der Waals surface area (Å²) in [5, 5.41) is 2.94. The van der Waals surface area contributed by atoms with Gasteiger partial charge in [0.25, 0.3) is 5.91 Å². The van der Waals surface area contributed by atoms with E-state index in [1.165, 1.54) is 7.11 Å². The third-order valence-corrected chi connectivity index (χ3v) is 5.61. The standard InChI is InChI=1S/C23H28N2O4/c1-28-18-10-7-16(8-11-18)17-9-12-19(20(24)15-17)21(26)25-23(22(27)29-2)13-5-3-4-6-14-23/h7-12,15H,3-6,13-14,24H2,1-2H3,(H,25,26). The second-order valence-electron chi connectivity index (χ2n) is 7.47. The van der Waals surface area contributed by atoms with Crippen LogP contribution < -0.4 is 15.8 Å². The number of esters is 1. The molecule has 1 aliphatic carbocycles. The molecule has 6 nitrogen and oxygen atoms in total. The number of nitrogens with two attached hydrogens (primary N) is 1. The topological polar surface area (TPSA) is 90.6 Å². The Morgan fingerprint density at radius 2 is 1.55 bits per heavy atom. The lowest BCUT2D eigenvalue weighted by Gasteiger charge is -2.31. The summed E-state index contributed by atoms with van der Waals surface area (Å²) < 4.78 is 10.2. The lowest BCUT2D eigenvalue weighted by atomic mass is 9.89. The van der Waals surface area contributed by atoms with Crippen molar-refractivity contribution in [3.8, 4) is 16.9 Å². The van der Waals surface area contributed by atoms with Crippen LogP contribution in [0.5, 0.6) is 5.75 Å². The van der Waals surface area contributed by atoms with Gasteiger partial charge >= 0.3 is 5.97 Å². The summed E-state index contributed by atoms with van der Waals surface area (Å²) in [6.07, 6.45) is 5.01. The number of anilines is 1. The van der Waals surface area contributed by atoms with Crippen molar-refractivity contribution in [3.63, 3.8) is 0 Å². The van der Waals surface area contributed by atoms with Crippen molar-refractivity contribution in [2.75, 3.05) is 20.0 Å². The van der Waals surface area contributed by atoms with Gasteiger partial charge in [-0.1, -0.05) is 43.9 Å². The Hall–Kier alpha value is -3.02. The molecule has 1 saturated carbocycles. The van der Waals surface area contributed by atoms with Gasteiger partial charge in [-0.25, -0.2) is 4.79 Å². The van der Waals surface area contributed by atoms with Gasteiger partial charge in [-0.3, -0.25) is 4.79 Å². The smallest absolute Gasteiger partial charge is 0.331 e. The van der Waals surface area contributed by atoms with Crippen molar-refractivity contribution in [3.05, 3.63) is 48.0 Å². The van der Waals surface area contributed by atoms with Crippen LogP contribution in [0.15, 0.2) is 42.5 Å². The molecule has 0 unspecified atom stereocenters. The number of carbonyl (C=O) groups excluding carboxylic acids is 2. The summed E-state index contributed by atoms with van der Waals surface area (Å²) in [5.74, 6) is 0.0338. The van der Waals surface area contributed by atoms with Crippen molar-refractivity contribution in [1.82, 2.24) is 5.32 Å². The molecule has 0 aliphatic heterocycles. The molecule has 0 spiro atoms. The molecule has 0 radical (unpaired) electrons. The van der Waals surface area contributed by atoms with Crippen LogP contribution in [-0.4, -0.2) is 31.6 Å². The molecule has 1 fully saturated rings. The number of hydrogen-bond donors (Lipinski definition) is 2. The minimum atomic E-state index is -0.983. The Bertz CT molecular complexity index is 869. The molecule has 0 bridgehead atoms. The summed E-state index contributed by atoms with van der Waals surface area (Å²) in [7, 11) is 2.98. The first-order chi connectivity index (χ1) is 14.0. The number of nitrogens with one attached hydrogen (secondary N) is 1. The fraction of sp³-hybridized carbons (Fsp3) is 0.391. The highest BCUT2D eigenvalue weighted by Crippen LogP contribution is 2.30. The largest absolute Gasteiger partial charge is 0.497 e. The van der Waals surface area contributed by atoms with Crippen molar-refractivity contribution in [2.45, 2.75) is 44.1 Å². The highest BCUT2D eigenvalue weighted by Gasteiger charge is 2.41. The molecule has 2 aromatic rings. The monoisotopic (exact) mass is 396 g/mol. The van der Waals surface area contributed by atoms with E-state index in [1.54, 1.807) is 19.2 Å². The molecule has 3 rings (SSSR count). The van der Waals surface area contributed by atoms with Gasteiger partial charge in [0.05, 0.1) is 19.8 Å². The number of rotatable bonds is 5. The third-order valence-electron chi connectivity index (χ3n) is 5.61. The summed E-state index contributed by atoms with van der Waals surface area (Å²) in [4.78, 5) is 25.5. The average molecular weight is 396 g/mol. The molecule has 2 aromatic carbocycles. The van der Waals surface area contributed by atoms with E-state index in [4.69, 9.17) is 15.2 Å². The van der Waals surface area contributed by atoms with Crippen molar-refractivity contribution in [1.29, 1.82) is 0 Å². The van der Waals surface area contributed by atoms with Crippen LogP contribution in [0.4, 0.5) is 5.69 Å². The van der Waals surface area contributed by atoms with Crippen LogP contribution in [0.2, 0.25) is 0 Å². The first kappa shape index (κ1) is 20.7. The highest BCUT2D eigenvalue weighted by atomic mass is 16.5. The van der Waals surface area contributed by atoms with Gasteiger partial charge in [-0.05, 0) is 48.2 Å². The summed E-state index contributed by atoms with van der Waals surface area (Å²) >= 11 is 0. The molecular weight excluding hydrogens is 368 g/mol. The number of hydrogen-bond acceptors (Lipinski definition) is 5. The normalized spacial score (nSPS) is 15.8. The first-order valence-corrected chi connectivity index (χ1v) is 9.94. The van der Waals surface area contributed by atoms with Gasteiger partial charge in [0.1, 0.15) is 11.3 Å². The van der Waals surface area contributed by atoms with E-state index in [9.17, 15) is 9.59 Å². The molecule has 0 aromatic heterocycles. The maximum absolute atomic E-state index is 13.0. The van der Waals surface area contributed by atoms with E-state index in [0.29, 0.717) is 24.1 Å². The van der Waals surface area contributed by atoms with E-state index >= 15 is 0 Å². The van der Waals surface area contributed by atoms with Crippen LogP contribution in [0, 0.1) is 0 Å². The van der Waals surface area contributed by atoms with Gasteiger partial charge in [0.2, 0.25) is 0 Å². The molecule has 0 atom stereocenters. The Balaban J connectivity index is 1.83. The van der Waals surface area contributed by atoms with Crippen LogP contribution >= 0.6 is 0 Å². The van der Waals surface area contributed by atoms with Crippen LogP contribution in [-0.2, 0) is 9.53 Å². The maximum Gasteiger partial charge on any atom is 0.331 e. The molecule has 0 saturated heterocycles. The summed E-state index contributed by atoms with van der Waals surface area (Å²) in [6, 6.07) is 12.9. The van der Waals surface area contributed by atoms with Crippen LogP contribution in [0.1, 0.15) is 48.9 Å². The zero-order valence-electron chi connectivity index (χ0n) is 17.0. The van der Waals surface area contributed by atoms with Gasteiger partial charge in [-0.15, -0.1) is 0 Å². The number of methoxy groups -OCH3 is 2. The molecule has 29 heavy (non-hydrogen) atoms. The lowest BCUT2D eigenvalue weighted by molar-refractivity contribution is -0.148. The quantitative estimate of drug-likeness (QED) is 0.454. The Morgan fingerprint density at radius 1 is 0.931 bits per heavy atom. The van der Waals surface area contributed by atoms with Gasteiger partial charge in [0, 0.05) is 5.69 Å². The molecular formula is C23H28N2O4. The second kappa shape index (κ2) is 8.99. The van der Waals surface area contributed by atoms with Crippen LogP contribution in [0.25, 0.3) is 11.1 Å². The lowest BCUT2D eigenvalue weighted by Crippen LogP contribution is -2.54. The molecule has 3 N–H and O–H groups in total. The Kier molecular flexibility index (Phi) is 6.42. The van der Waals surface area contributed by atoms with Crippen molar-refractivity contribution < 1.29 is 19.1 Å². The number of benzene rings is 2. The number of ether oxygens (including phenoxy) is 2. The first-order valence-electron chi connectivity index (χ1n) is 9.94. The third kappa shape index (κ3) is 4.53. The second-order valence-corrected chi connectivity index (χ2v) is 7.47. The Morgan fingerprint density at radius 3 is 2.10 bits per heavy atom. The number of carbonyl (C=O) groups is 2. The number of amides is 1. The predicted octanol–water partition coefficient (Wildman–Crippen LogP) is 3.94. The van der Waals surface area contributed by atoms with Gasteiger partial charge < -0.3 is 20.5 Å². The van der Waals surface area contributed by atoms with E-state index < -0.39 is 5.54 Å². The van der Waals surface area contributed by atoms with Crippen LogP contribution in [0.3, 0.4) is 0 Å². The van der Waals surface area contributed by atoms with Crippen molar-refractivity contribution >= 4 is 17.6 Å². The Labute approximate surface area is 171 Å². The van der Waals surface area contributed by atoms with Gasteiger partial charge in [-0.2, -0.15) is 0 Å². The van der Waals surface area contributed by atoms with Crippen molar-refractivity contribution in [2.24, 2.45) is 0 Å². The minimum absolute atomic E-state index is 0.351. The fourth-order valence-electron chi connectivity index (χ4n) is 3.92. The maximum atomic E-state index is 13.0. The van der Waals surface area contributed by atoms with E-state index in [0.717, 1.165) is 42.6 Å². The summed E-state index contributed by atoms with van der Waals surface area (Å²) in [6.45, 7) is 0. The fourth-order valence-corrected chi connectivity index (χ4v) is 3.92. The summed E-state index contributed by atoms with van der Waals surface area (Å²) in [5.41, 5.74) is 7.81. The minimum Gasteiger partial charge on any atom is -0.497 e. The molecule has 0 heterocycles. The van der Waals surface area contributed by atoms with E-state index in [2.05, 4.69) is 5.32 Å².